The highest BCUT2D eigenvalue weighted by Gasteiger charge is 2.14. The quantitative estimate of drug-likeness (QED) is 0.566. The zero-order chi connectivity index (χ0) is 14.1. The van der Waals surface area contributed by atoms with E-state index in [4.69, 9.17) is 4.98 Å². The van der Waals surface area contributed by atoms with Crippen LogP contribution in [0.1, 0.15) is 5.56 Å². The van der Waals surface area contributed by atoms with Gasteiger partial charge in [-0.25, -0.2) is 9.97 Å². The van der Waals surface area contributed by atoms with E-state index in [1.54, 1.807) is 11.3 Å². The van der Waals surface area contributed by atoms with Crippen molar-refractivity contribution in [2.24, 2.45) is 0 Å². The first kappa shape index (κ1) is 12.3. The standard InChI is InChI=1S/C17H13N3S/c1-2-6-13(7-3-1)12-20-16-14(8-4-10-18-16)19-17(20)15-9-5-11-21-15/h1-11H,12H2. The van der Waals surface area contributed by atoms with E-state index in [0.29, 0.717) is 0 Å². The topological polar surface area (TPSA) is 30.7 Å². The molecule has 0 fully saturated rings. The highest BCUT2D eigenvalue weighted by atomic mass is 32.1. The fourth-order valence-electron chi connectivity index (χ4n) is 2.47. The third-order valence-electron chi connectivity index (χ3n) is 3.43. The molecule has 0 bridgehead atoms. The Morgan fingerprint density at radius 2 is 1.86 bits per heavy atom. The number of hydrogen-bond donors (Lipinski definition) is 0. The number of benzene rings is 1. The Labute approximate surface area is 126 Å². The van der Waals surface area contributed by atoms with Crippen molar-refractivity contribution in [2.75, 3.05) is 0 Å². The number of aromatic nitrogens is 3. The fraction of sp³-hybridized carbons (Fsp3) is 0.0588. The van der Waals surface area contributed by atoms with Gasteiger partial charge in [0.15, 0.2) is 11.5 Å². The summed E-state index contributed by atoms with van der Waals surface area (Å²) in [6, 6.07) is 18.5. The zero-order valence-corrected chi connectivity index (χ0v) is 12.1. The Morgan fingerprint density at radius 1 is 0.952 bits per heavy atom. The summed E-state index contributed by atoms with van der Waals surface area (Å²) in [6.07, 6.45) is 1.82. The van der Waals surface area contributed by atoms with Crippen LogP contribution in [0.5, 0.6) is 0 Å². The number of rotatable bonds is 3. The van der Waals surface area contributed by atoms with E-state index in [-0.39, 0.29) is 0 Å². The highest BCUT2D eigenvalue weighted by molar-refractivity contribution is 7.13. The second-order valence-corrected chi connectivity index (χ2v) is 5.78. The SMILES string of the molecule is c1ccc(Cn2c(-c3cccs3)nc3cccnc32)cc1. The number of imidazole rings is 1. The predicted octanol–water partition coefficient (Wildman–Crippen LogP) is 4.21. The van der Waals surface area contributed by atoms with Crippen LogP contribution in [0.25, 0.3) is 21.9 Å². The van der Waals surface area contributed by atoms with Gasteiger partial charge in [-0.05, 0) is 29.1 Å². The molecule has 0 N–H and O–H groups in total. The van der Waals surface area contributed by atoms with Crippen LogP contribution in [0.2, 0.25) is 0 Å². The van der Waals surface area contributed by atoms with E-state index >= 15 is 0 Å². The molecule has 4 rings (SSSR count). The molecule has 0 unspecified atom stereocenters. The van der Waals surface area contributed by atoms with Crippen molar-refractivity contribution in [1.82, 2.24) is 14.5 Å². The molecule has 0 amide bonds. The third-order valence-corrected chi connectivity index (χ3v) is 4.29. The Hall–Kier alpha value is -2.46. The largest absolute Gasteiger partial charge is 0.304 e. The Bertz CT molecular complexity index is 864. The van der Waals surface area contributed by atoms with Crippen molar-refractivity contribution >= 4 is 22.5 Å². The normalized spacial score (nSPS) is 11.0. The van der Waals surface area contributed by atoms with E-state index in [9.17, 15) is 0 Å². The maximum Gasteiger partial charge on any atom is 0.160 e. The molecular weight excluding hydrogens is 278 g/mol. The number of nitrogens with zero attached hydrogens (tertiary/aromatic N) is 3. The summed E-state index contributed by atoms with van der Waals surface area (Å²) in [5.41, 5.74) is 3.13. The Kier molecular flexibility index (Phi) is 3.01. The molecule has 0 aliphatic carbocycles. The van der Waals surface area contributed by atoms with Crippen LogP contribution in [0.4, 0.5) is 0 Å². The second kappa shape index (κ2) is 5.14. The molecule has 0 radical (unpaired) electrons. The lowest BCUT2D eigenvalue weighted by atomic mass is 10.2. The molecule has 1 aromatic carbocycles. The molecule has 0 saturated heterocycles. The van der Waals surface area contributed by atoms with Crippen molar-refractivity contribution in [3.05, 3.63) is 71.7 Å². The summed E-state index contributed by atoms with van der Waals surface area (Å²) in [7, 11) is 0. The van der Waals surface area contributed by atoms with Gasteiger partial charge in [0.25, 0.3) is 0 Å². The molecule has 0 aliphatic heterocycles. The van der Waals surface area contributed by atoms with Crippen LogP contribution in [0.3, 0.4) is 0 Å². The minimum atomic E-state index is 0.779. The van der Waals surface area contributed by atoms with E-state index in [1.807, 2.05) is 24.4 Å². The summed E-state index contributed by atoms with van der Waals surface area (Å²) in [6.45, 7) is 0.779. The maximum absolute atomic E-state index is 4.76. The molecule has 0 atom stereocenters. The first-order chi connectivity index (χ1) is 10.4. The minimum absolute atomic E-state index is 0.779. The minimum Gasteiger partial charge on any atom is -0.304 e. The van der Waals surface area contributed by atoms with Crippen LogP contribution >= 0.6 is 11.3 Å². The van der Waals surface area contributed by atoms with Crippen molar-refractivity contribution in [3.63, 3.8) is 0 Å². The van der Waals surface area contributed by atoms with Gasteiger partial charge in [0.2, 0.25) is 0 Å². The van der Waals surface area contributed by atoms with Crippen LogP contribution in [-0.2, 0) is 6.54 Å². The van der Waals surface area contributed by atoms with Gasteiger partial charge in [-0.15, -0.1) is 11.3 Å². The Morgan fingerprint density at radius 3 is 2.67 bits per heavy atom. The van der Waals surface area contributed by atoms with Gasteiger partial charge < -0.3 is 4.57 Å². The lowest BCUT2D eigenvalue weighted by Crippen LogP contribution is -2.02. The van der Waals surface area contributed by atoms with Gasteiger partial charge in [-0.3, -0.25) is 0 Å². The van der Waals surface area contributed by atoms with E-state index in [0.717, 1.165) is 23.5 Å². The molecule has 3 nitrogen and oxygen atoms in total. The number of pyridine rings is 1. The molecule has 102 valence electrons. The van der Waals surface area contributed by atoms with Crippen molar-refractivity contribution in [1.29, 1.82) is 0 Å². The van der Waals surface area contributed by atoms with Crippen LogP contribution in [0, 0.1) is 0 Å². The van der Waals surface area contributed by atoms with Gasteiger partial charge in [0.1, 0.15) is 5.52 Å². The van der Waals surface area contributed by atoms with E-state index in [2.05, 4.69) is 51.3 Å². The summed E-state index contributed by atoms with van der Waals surface area (Å²) in [4.78, 5) is 10.4. The van der Waals surface area contributed by atoms with Gasteiger partial charge in [0.05, 0.1) is 11.4 Å². The van der Waals surface area contributed by atoms with Gasteiger partial charge in [-0.2, -0.15) is 0 Å². The van der Waals surface area contributed by atoms with Crippen molar-refractivity contribution < 1.29 is 0 Å². The third kappa shape index (κ3) is 2.23. The average Bonchev–Trinajstić information content (AvgIpc) is 3.16. The van der Waals surface area contributed by atoms with Gasteiger partial charge in [-0.1, -0.05) is 36.4 Å². The van der Waals surface area contributed by atoms with Crippen LogP contribution < -0.4 is 0 Å². The molecule has 0 saturated carbocycles. The van der Waals surface area contributed by atoms with E-state index in [1.165, 1.54) is 10.4 Å². The number of fused-ring (bicyclic) bond motifs is 1. The molecule has 0 aliphatic rings. The summed E-state index contributed by atoms with van der Waals surface area (Å²) in [5, 5.41) is 2.08. The number of hydrogen-bond acceptors (Lipinski definition) is 3. The lowest BCUT2D eigenvalue weighted by Gasteiger charge is -2.07. The molecule has 3 aromatic heterocycles. The zero-order valence-electron chi connectivity index (χ0n) is 11.3. The molecule has 0 spiro atoms. The second-order valence-electron chi connectivity index (χ2n) is 4.83. The van der Waals surface area contributed by atoms with Gasteiger partial charge >= 0.3 is 0 Å². The maximum atomic E-state index is 4.76. The number of thiophene rings is 1. The lowest BCUT2D eigenvalue weighted by molar-refractivity contribution is 0.826. The Balaban J connectivity index is 1.91. The van der Waals surface area contributed by atoms with E-state index < -0.39 is 0 Å². The van der Waals surface area contributed by atoms with Crippen LogP contribution in [0.15, 0.2) is 66.2 Å². The first-order valence-electron chi connectivity index (χ1n) is 6.81. The van der Waals surface area contributed by atoms with Crippen molar-refractivity contribution in [3.8, 4) is 10.7 Å². The molecular formula is C17H13N3S. The molecule has 4 heteroatoms. The van der Waals surface area contributed by atoms with Crippen LogP contribution in [-0.4, -0.2) is 14.5 Å². The summed E-state index contributed by atoms with van der Waals surface area (Å²) in [5.74, 6) is 0.988. The summed E-state index contributed by atoms with van der Waals surface area (Å²) < 4.78 is 2.19. The first-order valence-corrected chi connectivity index (χ1v) is 7.69. The highest BCUT2D eigenvalue weighted by Crippen LogP contribution is 2.28. The van der Waals surface area contributed by atoms with Crippen molar-refractivity contribution in [2.45, 2.75) is 6.54 Å². The smallest absolute Gasteiger partial charge is 0.160 e. The fourth-order valence-corrected chi connectivity index (χ4v) is 3.19. The van der Waals surface area contributed by atoms with Gasteiger partial charge in [0, 0.05) is 6.20 Å². The predicted molar refractivity (Wildman–Crippen MR) is 86.4 cm³/mol. The molecule has 4 aromatic rings. The monoisotopic (exact) mass is 291 g/mol. The molecule has 21 heavy (non-hydrogen) atoms. The molecule has 3 heterocycles. The average molecular weight is 291 g/mol. The summed E-state index contributed by atoms with van der Waals surface area (Å²) >= 11 is 1.70.